The van der Waals surface area contributed by atoms with E-state index in [4.69, 9.17) is 0 Å². The maximum atomic E-state index is 3.62. The van der Waals surface area contributed by atoms with Gasteiger partial charge >= 0.3 is 19.5 Å². The van der Waals surface area contributed by atoms with E-state index in [0.29, 0.717) is 0 Å². The van der Waals surface area contributed by atoms with Gasteiger partial charge in [-0.2, -0.15) is 0 Å². The Hall–Kier alpha value is 1.01. The van der Waals surface area contributed by atoms with E-state index in [1.807, 2.05) is 7.11 Å². The van der Waals surface area contributed by atoms with Crippen LogP contribution in [0.2, 0.25) is 0 Å². The van der Waals surface area contributed by atoms with Crippen LogP contribution < -0.4 is 0 Å². The van der Waals surface area contributed by atoms with E-state index in [1.165, 1.54) is 6.42 Å². The van der Waals surface area contributed by atoms with Crippen molar-refractivity contribution in [2.24, 2.45) is 0 Å². The second-order valence-electron chi connectivity index (χ2n) is 1.63. The quantitative estimate of drug-likeness (QED) is 0.293. The minimum absolute atomic E-state index is 0. The van der Waals surface area contributed by atoms with Gasteiger partial charge in [-0.25, -0.2) is 0 Å². The van der Waals surface area contributed by atoms with E-state index in [0.717, 1.165) is 12.8 Å². The molecule has 1 atom stereocenters. The first-order chi connectivity index (χ1) is 3.27. The number of hydrogen-bond donors (Lipinski definition) is 0. The van der Waals surface area contributed by atoms with Crippen molar-refractivity contribution in [3.63, 3.8) is 0 Å². The normalized spacial score (nSPS) is 9.00. The summed E-state index contributed by atoms with van der Waals surface area (Å²) in [6.07, 6.45) is 2.35. The van der Waals surface area contributed by atoms with E-state index < -0.39 is 0 Å². The average molecular weight is 223 g/mol. The summed E-state index contributed by atoms with van der Waals surface area (Å²) in [5, 5.41) is 0. The van der Waals surface area contributed by atoms with Crippen molar-refractivity contribution in [3.8, 4) is 0 Å². The fourth-order valence-corrected chi connectivity index (χ4v) is 0.496. The molecule has 0 aliphatic carbocycles. The maximum Gasteiger partial charge on any atom is 2.00 e. The summed E-state index contributed by atoms with van der Waals surface area (Å²) in [4.78, 5) is 0. The summed E-state index contributed by atoms with van der Waals surface area (Å²) in [6.45, 7) is 1.02. The van der Waals surface area contributed by atoms with Crippen LogP contribution in [-0.4, -0.2) is 19.9 Å². The molecule has 1 radical (unpaired) electrons. The fraction of sp³-hybridized carbons (Fsp3) is 0.800. The minimum Gasteiger partial charge on any atom is -0.573 e. The summed E-state index contributed by atoms with van der Waals surface area (Å²) in [7, 11) is 8.20. The molecule has 0 aliphatic heterocycles. The zero-order valence-corrected chi connectivity index (χ0v) is 7.94. The second-order valence-corrected chi connectivity index (χ2v) is 2.21. The first-order valence-electron chi connectivity index (χ1n) is 2.39. The molecule has 0 aromatic carbocycles. The first-order valence-corrected chi connectivity index (χ1v) is 3.21. The van der Waals surface area contributed by atoms with Crippen molar-refractivity contribution >= 4 is 9.24 Å². The van der Waals surface area contributed by atoms with Crippen molar-refractivity contribution in [2.45, 2.75) is 6.42 Å². The molecule has 0 aromatic heterocycles. The molecule has 1 nitrogen and oxygen atoms in total. The van der Waals surface area contributed by atoms with E-state index in [-0.39, 0.29) is 19.5 Å². The van der Waals surface area contributed by atoms with Gasteiger partial charge in [0.25, 0.3) is 0 Å². The van der Waals surface area contributed by atoms with E-state index in [9.17, 15) is 0 Å². The molecule has 0 fully saturated rings. The van der Waals surface area contributed by atoms with Crippen molar-refractivity contribution in [1.29, 1.82) is 0 Å². The smallest absolute Gasteiger partial charge is 0.573 e. The Morgan fingerprint density at radius 3 is 2.25 bits per heavy atom. The van der Waals surface area contributed by atoms with Gasteiger partial charge in [0.15, 0.2) is 0 Å². The third kappa shape index (κ3) is 10.1. The van der Waals surface area contributed by atoms with Crippen molar-refractivity contribution in [1.82, 2.24) is 0 Å². The molecule has 1 unspecified atom stereocenters. The second kappa shape index (κ2) is 8.01. The van der Waals surface area contributed by atoms with Crippen LogP contribution in [0.25, 0.3) is 0 Å². The molecule has 0 aliphatic rings. The van der Waals surface area contributed by atoms with Crippen LogP contribution in [0, 0.1) is 7.11 Å². The van der Waals surface area contributed by atoms with Crippen LogP contribution in [0.3, 0.4) is 0 Å². The molecule has 0 saturated carbocycles. The largest absolute Gasteiger partial charge is 2.00 e. The standard InChI is InChI=1S/C5H13OP.Rh/c1-6(2)4-3-5-7;/h1,3-5,7H2,2H3;/q;+2. The molecule has 0 spiro atoms. The third-order valence-electron chi connectivity index (χ3n) is 0.697. The van der Waals surface area contributed by atoms with Gasteiger partial charge in [0.1, 0.15) is 13.7 Å². The van der Waals surface area contributed by atoms with Crippen LogP contribution in [0.15, 0.2) is 0 Å². The minimum atomic E-state index is 0. The Morgan fingerprint density at radius 1 is 1.62 bits per heavy atom. The molecule has 0 amide bonds. The molecular weight excluding hydrogens is 210 g/mol. The van der Waals surface area contributed by atoms with Crippen molar-refractivity contribution in [3.05, 3.63) is 7.11 Å². The third-order valence-corrected chi connectivity index (χ3v) is 1.11. The Balaban J connectivity index is 0. The summed E-state index contributed by atoms with van der Waals surface area (Å²) in [5.41, 5.74) is 0. The van der Waals surface area contributed by atoms with E-state index >= 15 is 0 Å². The van der Waals surface area contributed by atoms with Gasteiger partial charge in [-0.15, -0.1) is 9.24 Å². The van der Waals surface area contributed by atoms with Crippen molar-refractivity contribution < 1.29 is 23.8 Å². The predicted octanol–water partition coefficient (Wildman–Crippen LogP) is 1.22. The van der Waals surface area contributed by atoms with Crippen LogP contribution in [0.5, 0.6) is 0 Å². The molecule has 0 N–H and O–H groups in total. The van der Waals surface area contributed by atoms with Gasteiger partial charge in [-0.05, 0) is 6.16 Å². The Bertz CT molecular complexity index is 41.4. The maximum absolute atomic E-state index is 3.62. The molecule has 0 heterocycles. The van der Waals surface area contributed by atoms with Gasteiger partial charge in [0, 0.05) is 6.42 Å². The zero-order valence-electron chi connectivity index (χ0n) is 5.15. The fourth-order valence-electron chi connectivity index (χ4n) is 0.330. The topological polar surface area (TPSA) is 2.70 Å². The molecular formula is C5H13OPRh+2. The molecule has 0 bridgehead atoms. The zero-order chi connectivity index (χ0) is 5.70. The summed E-state index contributed by atoms with van der Waals surface area (Å²) in [5.74, 6) is 0. The summed E-state index contributed by atoms with van der Waals surface area (Å²) in [6, 6.07) is 0. The van der Waals surface area contributed by atoms with Crippen LogP contribution in [0.1, 0.15) is 6.42 Å². The Kier molecular flexibility index (Phi) is 11.8. The predicted molar refractivity (Wildman–Crippen MR) is 36.4 cm³/mol. The van der Waals surface area contributed by atoms with Crippen LogP contribution in [0.4, 0.5) is 0 Å². The van der Waals surface area contributed by atoms with Gasteiger partial charge in [-0.3, -0.25) is 0 Å². The Labute approximate surface area is 66.8 Å². The summed E-state index contributed by atoms with van der Waals surface area (Å²) < 4.78 is 2.60. The Morgan fingerprint density at radius 2 is 2.12 bits per heavy atom. The van der Waals surface area contributed by atoms with Crippen LogP contribution >= 0.6 is 9.24 Å². The van der Waals surface area contributed by atoms with Gasteiger partial charge in [0.05, 0.1) is 0 Å². The van der Waals surface area contributed by atoms with E-state index in [2.05, 4.69) is 20.7 Å². The monoisotopic (exact) mass is 223 g/mol. The van der Waals surface area contributed by atoms with Gasteiger partial charge < -0.3 is 4.37 Å². The molecule has 3 heteroatoms. The molecule has 0 saturated heterocycles. The molecule has 0 rings (SSSR count). The summed E-state index contributed by atoms with van der Waals surface area (Å²) >= 11 is 0. The average Bonchev–Trinajstić information content (AvgIpc) is 1.61. The number of hydrogen-bond acceptors (Lipinski definition) is 0. The molecule has 8 heavy (non-hydrogen) atoms. The first kappa shape index (κ1) is 11.8. The van der Waals surface area contributed by atoms with Crippen molar-refractivity contribution in [2.75, 3.05) is 19.9 Å². The molecule has 51 valence electrons. The number of rotatable bonds is 3. The molecule has 0 aromatic rings. The van der Waals surface area contributed by atoms with E-state index in [1.54, 1.807) is 0 Å². The van der Waals surface area contributed by atoms with Crippen LogP contribution in [-0.2, 0) is 23.8 Å². The van der Waals surface area contributed by atoms with Gasteiger partial charge in [0.2, 0.25) is 0 Å². The SMILES string of the molecule is [CH2-][O+](C)CCCP.[Rh+2]. The van der Waals surface area contributed by atoms with Gasteiger partial charge in [-0.1, -0.05) is 7.11 Å².